The number of sulfone groups is 1. The van der Waals surface area contributed by atoms with E-state index in [4.69, 9.17) is 0 Å². The molecule has 1 rings (SSSR count). The predicted octanol–water partition coefficient (Wildman–Crippen LogP) is 1.66. The third-order valence-electron chi connectivity index (χ3n) is 2.45. The fraction of sp³-hybridized carbons (Fsp3) is 0.417. The first-order valence-corrected chi connectivity index (χ1v) is 6.82. The number of hydrogen-bond acceptors (Lipinski definition) is 4. The topological polar surface area (TPSA) is 60.4 Å². The van der Waals surface area contributed by atoms with E-state index in [0.717, 1.165) is 0 Å². The summed E-state index contributed by atoms with van der Waals surface area (Å²) >= 11 is 0. The summed E-state index contributed by atoms with van der Waals surface area (Å²) in [5.41, 5.74) is 0. The van der Waals surface area contributed by atoms with Gasteiger partial charge in [0, 0.05) is 0 Å². The summed E-state index contributed by atoms with van der Waals surface area (Å²) in [4.78, 5) is 11.7. The van der Waals surface area contributed by atoms with E-state index in [0.29, 0.717) is 0 Å². The molecule has 1 aromatic carbocycles. The Morgan fingerprint density at radius 3 is 2.12 bits per heavy atom. The van der Waals surface area contributed by atoms with Gasteiger partial charge >= 0.3 is 5.97 Å². The van der Waals surface area contributed by atoms with E-state index < -0.39 is 21.1 Å². The van der Waals surface area contributed by atoms with Crippen molar-refractivity contribution >= 4 is 15.8 Å². The van der Waals surface area contributed by atoms with E-state index in [1.54, 1.807) is 32.0 Å². The van der Waals surface area contributed by atoms with Crippen LogP contribution in [-0.4, -0.2) is 26.7 Å². The van der Waals surface area contributed by atoms with Crippen LogP contribution in [0.3, 0.4) is 0 Å². The molecule has 94 valence electrons. The molecule has 0 aliphatic rings. The molecule has 17 heavy (non-hydrogen) atoms. The van der Waals surface area contributed by atoms with Gasteiger partial charge in [-0.1, -0.05) is 32.0 Å². The van der Waals surface area contributed by atoms with Crippen molar-refractivity contribution in [2.75, 3.05) is 7.11 Å². The van der Waals surface area contributed by atoms with Crippen LogP contribution in [0.5, 0.6) is 0 Å². The second-order valence-corrected chi connectivity index (χ2v) is 6.12. The standard InChI is InChI=1S/C12H16O4S/c1-9(2)11(12(13)16-3)17(14,15)10-7-5-4-6-8-10/h4-9,11H,1-3H3. The lowest BCUT2D eigenvalue weighted by atomic mass is 10.1. The maximum absolute atomic E-state index is 12.3. The van der Waals surface area contributed by atoms with Crippen molar-refractivity contribution in [2.24, 2.45) is 5.92 Å². The number of rotatable bonds is 4. The van der Waals surface area contributed by atoms with E-state index in [1.165, 1.54) is 19.2 Å². The fourth-order valence-corrected chi connectivity index (χ4v) is 3.53. The van der Waals surface area contributed by atoms with Gasteiger partial charge in [-0.25, -0.2) is 8.42 Å². The Morgan fingerprint density at radius 2 is 1.71 bits per heavy atom. The molecule has 1 atom stereocenters. The summed E-state index contributed by atoms with van der Waals surface area (Å²) in [5.74, 6) is -1.06. The zero-order valence-electron chi connectivity index (χ0n) is 10.1. The van der Waals surface area contributed by atoms with Crippen LogP contribution in [0, 0.1) is 5.92 Å². The van der Waals surface area contributed by atoms with Gasteiger partial charge in [0.05, 0.1) is 12.0 Å². The first-order valence-electron chi connectivity index (χ1n) is 5.28. The number of ether oxygens (including phenoxy) is 1. The summed E-state index contributed by atoms with van der Waals surface area (Å²) in [6, 6.07) is 7.94. The molecule has 0 fully saturated rings. The Kier molecular flexibility index (Phi) is 4.28. The Hall–Kier alpha value is -1.36. The van der Waals surface area contributed by atoms with E-state index in [2.05, 4.69) is 4.74 Å². The van der Waals surface area contributed by atoms with Gasteiger partial charge in [0.15, 0.2) is 15.1 Å². The van der Waals surface area contributed by atoms with Crippen LogP contribution < -0.4 is 0 Å². The molecule has 1 unspecified atom stereocenters. The molecule has 0 amide bonds. The van der Waals surface area contributed by atoms with Crippen molar-refractivity contribution in [1.82, 2.24) is 0 Å². The number of benzene rings is 1. The minimum Gasteiger partial charge on any atom is -0.468 e. The molecule has 5 heteroatoms. The van der Waals surface area contributed by atoms with E-state index in [-0.39, 0.29) is 10.8 Å². The second kappa shape index (κ2) is 5.31. The van der Waals surface area contributed by atoms with Crippen molar-refractivity contribution in [3.8, 4) is 0 Å². The summed E-state index contributed by atoms with van der Waals surface area (Å²) in [6.45, 7) is 3.37. The minimum atomic E-state index is -3.69. The Labute approximate surface area is 102 Å². The largest absolute Gasteiger partial charge is 0.468 e. The zero-order valence-corrected chi connectivity index (χ0v) is 10.9. The lowest BCUT2D eigenvalue weighted by Crippen LogP contribution is -2.36. The zero-order chi connectivity index (χ0) is 13.1. The third-order valence-corrected chi connectivity index (χ3v) is 4.78. The van der Waals surface area contributed by atoms with E-state index >= 15 is 0 Å². The maximum Gasteiger partial charge on any atom is 0.324 e. The smallest absolute Gasteiger partial charge is 0.324 e. The molecule has 0 spiro atoms. The molecule has 0 saturated carbocycles. The van der Waals surface area contributed by atoms with Crippen LogP contribution in [-0.2, 0) is 19.4 Å². The molecule has 1 aromatic rings. The average molecular weight is 256 g/mol. The highest BCUT2D eigenvalue weighted by atomic mass is 32.2. The number of hydrogen-bond donors (Lipinski definition) is 0. The molecule has 0 aliphatic carbocycles. The first-order chi connectivity index (χ1) is 7.91. The van der Waals surface area contributed by atoms with Crippen LogP contribution >= 0.6 is 0 Å². The normalized spacial score (nSPS) is 13.4. The van der Waals surface area contributed by atoms with Gasteiger partial charge in [0.1, 0.15) is 0 Å². The Bertz CT molecular complexity index is 476. The van der Waals surface area contributed by atoms with Crippen molar-refractivity contribution in [1.29, 1.82) is 0 Å². The van der Waals surface area contributed by atoms with Crippen LogP contribution in [0.15, 0.2) is 35.2 Å². The monoisotopic (exact) mass is 256 g/mol. The van der Waals surface area contributed by atoms with Crippen molar-refractivity contribution in [3.05, 3.63) is 30.3 Å². The molecule has 0 heterocycles. The van der Waals surface area contributed by atoms with Gasteiger partial charge in [-0.15, -0.1) is 0 Å². The highest BCUT2D eigenvalue weighted by molar-refractivity contribution is 7.92. The molecule has 0 bridgehead atoms. The molecule has 0 aliphatic heterocycles. The average Bonchev–Trinajstić information content (AvgIpc) is 2.29. The molecule has 0 saturated heterocycles. The van der Waals surface area contributed by atoms with E-state index in [9.17, 15) is 13.2 Å². The summed E-state index contributed by atoms with van der Waals surface area (Å²) in [7, 11) is -2.49. The molecule has 0 N–H and O–H groups in total. The van der Waals surface area contributed by atoms with Gasteiger partial charge in [-0.05, 0) is 18.1 Å². The lowest BCUT2D eigenvalue weighted by molar-refractivity contribution is -0.140. The summed E-state index contributed by atoms with van der Waals surface area (Å²) < 4.78 is 29.1. The lowest BCUT2D eigenvalue weighted by Gasteiger charge is -2.18. The summed E-state index contributed by atoms with van der Waals surface area (Å²) in [6.07, 6.45) is 0. The van der Waals surface area contributed by atoms with Crippen LogP contribution in [0.2, 0.25) is 0 Å². The van der Waals surface area contributed by atoms with Crippen molar-refractivity contribution < 1.29 is 17.9 Å². The Morgan fingerprint density at radius 1 is 1.18 bits per heavy atom. The molecular weight excluding hydrogens is 240 g/mol. The summed E-state index contributed by atoms with van der Waals surface area (Å²) in [5, 5.41) is -1.16. The number of carbonyl (C=O) groups is 1. The van der Waals surface area contributed by atoms with Gasteiger partial charge in [-0.2, -0.15) is 0 Å². The van der Waals surface area contributed by atoms with Crippen LogP contribution in [0.1, 0.15) is 13.8 Å². The van der Waals surface area contributed by atoms with Crippen LogP contribution in [0.25, 0.3) is 0 Å². The predicted molar refractivity (Wildman–Crippen MR) is 64.3 cm³/mol. The number of methoxy groups -OCH3 is 1. The fourth-order valence-electron chi connectivity index (χ4n) is 1.63. The quantitative estimate of drug-likeness (QED) is 0.769. The Balaban J connectivity index is 3.24. The molecule has 0 radical (unpaired) electrons. The maximum atomic E-state index is 12.3. The van der Waals surface area contributed by atoms with Crippen molar-refractivity contribution in [2.45, 2.75) is 24.0 Å². The van der Waals surface area contributed by atoms with Gasteiger partial charge in [0.25, 0.3) is 0 Å². The highest BCUT2D eigenvalue weighted by Gasteiger charge is 2.37. The first kappa shape index (κ1) is 13.7. The highest BCUT2D eigenvalue weighted by Crippen LogP contribution is 2.22. The SMILES string of the molecule is COC(=O)C(C(C)C)S(=O)(=O)c1ccccc1. The molecule has 4 nitrogen and oxygen atoms in total. The van der Waals surface area contributed by atoms with Gasteiger partial charge in [0.2, 0.25) is 0 Å². The van der Waals surface area contributed by atoms with E-state index in [1.807, 2.05) is 0 Å². The molecule has 0 aromatic heterocycles. The van der Waals surface area contributed by atoms with Crippen molar-refractivity contribution in [3.63, 3.8) is 0 Å². The number of carbonyl (C=O) groups excluding carboxylic acids is 1. The minimum absolute atomic E-state index is 0.143. The van der Waals surface area contributed by atoms with Gasteiger partial charge in [-0.3, -0.25) is 4.79 Å². The molecular formula is C12H16O4S. The van der Waals surface area contributed by atoms with Gasteiger partial charge < -0.3 is 4.74 Å². The third kappa shape index (κ3) is 2.85. The second-order valence-electron chi connectivity index (χ2n) is 4.05. The number of esters is 1. The van der Waals surface area contributed by atoms with Crippen LogP contribution in [0.4, 0.5) is 0 Å².